The van der Waals surface area contributed by atoms with Gasteiger partial charge in [0, 0.05) is 0 Å². The van der Waals surface area contributed by atoms with E-state index in [4.69, 9.17) is 9.16 Å². The van der Waals surface area contributed by atoms with Gasteiger partial charge in [-0.05, 0) is 33.5 Å². The molecule has 0 radical (unpaired) electrons. The largest absolute Gasteiger partial charge is 0.462 e. The maximum Gasteiger partial charge on any atom is 0.322 e. The van der Waals surface area contributed by atoms with E-state index in [9.17, 15) is 4.79 Å². The Balaban J connectivity index is 3.62. The van der Waals surface area contributed by atoms with Gasteiger partial charge in [-0.15, -0.1) is 0 Å². The Bertz CT molecular complexity index is 193. The minimum atomic E-state index is -1.48. The third-order valence-electron chi connectivity index (χ3n) is 1.34. The lowest BCUT2D eigenvalue weighted by atomic mass is 10.2. The monoisotopic (exact) mass is 282 g/mol. The van der Waals surface area contributed by atoms with E-state index >= 15 is 0 Å². The smallest absolute Gasteiger partial charge is 0.322 e. The molecule has 0 aromatic rings. The van der Waals surface area contributed by atoms with E-state index in [1.165, 1.54) is 0 Å². The van der Waals surface area contributed by atoms with Crippen LogP contribution in [0.5, 0.6) is 0 Å². The standard InChI is InChI=1S/C9H19BrO3Si/c1-9(2,10)8(11)12-6-7-13-14(3,4)5/h6-7H2,1-5H3. The number of alkyl halides is 1. The molecule has 0 amide bonds. The Morgan fingerprint density at radius 1 is 1.29 bits per heavy atom. The molecule has 14 heavy (non-hydrogen) atoms. The Kier molecular flexibility index (Phi) is 5.32. The number of rotatable bonds is 5. The zero-order valence-electron chi connectivity index (χ0n) is 9.52. The van der Waals surface area contributed by atoms with Crippen LogP contribution in [0.3, 0.4) is 0 Å². The molecular formula is C9H19BrO3Si. The van der Waals surface area contributed by atoms with E-state index in [1.54, 1.807) is 13.8 Å². The molecule has 0 aliphatic heterocycles. The average molecular weight is 283 g/mol. The van der Waals surface area contributed by atoms with Crippen molar-refractivity contribution in [1.82, 2.24) is 0 Å². The third kappa shape index (κ3) is 7.52. The lowest BCUT2D eigenvalue weighted by Crippen LogP contribution is -2.31. The van der Waals surface area contributed by atoms with Gasteiger partial charge < -0.3 is 9.16 Å². The van der Waals surface area contributed by atoms with Gasteiger partial charge in [-0.25, -0.2) is 0 Å². The second-order valence-corrected chi connectivity index (χ2v) is 11.1. The van der Waals surface area contributed by atoms with Crippen LogP contribution in [-0.2, 0) is 14.0 Å². The fraction of sp³-hybridized carbons (Fsp3) is 0.889. The van der Waals surface area contributed by atoms with Crippen LogP contribution in [0, 0.1) is 0 Å². The van der Waals surface area contributed by atoms with Crippen molar-refractivity contribution < 1.29 is 14.0 Å². The van der Waals surface area contributed by atoms with Crippen LogP contribution >= 0.6 is 15.9 Å². The normalized spacial score (nSPS) is 12.7. The molecule has 0 atom stereocenters. The molecule has 0 bridgehead atoms. The van der Waals surface area contributed by atoms with Crippen molar-refractivity contribution in [3.05, 3.63) is 0 Å². The van der Waals surface area contributed by atoms with Gasteiger partial charge in [0.1, 0.15) is 10.9 Å². The predicted molar refractivity (Wildman–Crippen MR) is 63.3 cm³/mol. The maximum atomic E-state index is 11.3. The molecule has 0 aliphatic carbocycles. The third-order valence-corrected chi connectivity index (χ3v) is 2.73. The molecule has 0 N–H and O–H groups in total. The van der Waals surface area contributed by atoms with Gasteiger partial charge in [0.05, 0.1) is 6.61 Å². The highest BCUT2D eigenvalue weighted by atomic mass is 79.9. The van der Waals surface area contributed by atoms with Crippen LogP contribution in [0.2, 0.25) is 19.6 Å². The molecule has 0 saturated carbocycles. The summed E-state index contributed by atoms with van der Waals surface area (Å²) < 4.78 is 9.95. The minimum absolute atomic E-state index is 0.253. The summed E-state index contributed by atoms with van der Waals surface area (Å²) in [6, 6.07) is 0. The van der Waals surface area contributed by atoms with Crippen molar-refractivity contribution in [2.75, 3.05) is 13.2 Å². The highest BCUT2D eigenvalue weighted by Crippen LogP contribution is 2.17. The van der Waals surface area contributed by atoms with Gasteiger partial charge >= 0.3 is 5.97 Å². The number of halogens is 1. The Morgan fingerprint density at radius 3 is 2.14 bits per heavy atom. The number of hydrogen-bond acceptors (Lipinski definition) is 3. The zero-order valence-corrected chi connectivity index (χ0v) is 12.1. The number of carbonyl (C=O) groups excluding carboxylic acids is 1. The van der Waals surface area contributed by atoms with Crippen LogP contribution in [0.15, 0.2) is 0 Å². The molecule has 0 aliphatic rings. The summed E-state index contributed by atoms with van der Waals surface area (Å²) in [5.74, 6) is -0.253. The second kappa shape index (κ2) is 5.28. The molecule has 0 heterocycles. The van der Waals surface area contributed by atoms with Crippen molar-refractivity contribution in [2.24, 2.45) is 0 Å². The van der Waals surface area contributed by atoms with E-state index in [1.807, 2.05) is 0 Å². The molecule has 0 saturated heterocycles. The van der Waals surface area contributed by atoms with E-state index in [0.717, 1.165) is 0 Å². The highest BCUT2D eigenvalue weighted by molar-refractivity contribution is 9.10. The molecule has 0 aromatic heterocycles. The van der Waals surface area contributed by atoms with Crippen molar-refractivity contribution in [1.29, 1.82) is 0 Å². The van der Waals surface area contributed by atoms with Gasteiger partial charge in [0.2, 0.25) is 0 Å². The van der Waals surface area contributed by atoms with Crippen LogP contribution in [-0.4, -0.2) is 31.8 Å². The van der Waals surface area contributed by atoms with Crippen molar-refractivity contribution in [3.63, 3.8) is 0 Å². The summed E-state index contributed by atoms with van der Waals surface area (Å²) in [7, 11) is -1.48. The first-order valence-corrected chi connectivity index (χ1v) is 8.83. The number of ether oxygens (including phenoxy) is 1. The SMILES string of the molecule is CC(C)(Br)C(=O)OCCO[Si](C)(C)C. The lowest BCUT2D eigenvalue weighted by molar-refractivity contribution is -0.146. The molecule has 5 heteroatoms. The van der Waals surface area contributed by atoms with E-state index < -0.39 is 12.6 Å². The summed E-state index contributed by atoms with van der Waals surface area (Å²) in [5.41, 5.74) is 0. The quantitative estimate of drug-likeness (QED) is 0.337. The molecule has 0 rings (SSSR count). The molecule has 84 valence electrons. The topological polar surface area (TPSA) is 35.5 Å². The van der Waals surface area contributed by atoms with Gasteiger partial charge in [-0.3, -0.25) is 4.79 Å². The highest BCUT2D eigenvalue weighted by Gasteiger charge is 2.25. The van der Waals surface area contributed by atoms with Crippen LogP contribution in [0.25, 0.3) is 0 Å². The van der Waals surface area contributed by atoms with E-state index in [0.29, 0.717) is 13.2 Å². The van der Waals surface area contributed by atoms with E-state index in [-0.39, 0.29) is 5.97 Å². The lowest BCUT2D eigenvalue weighted by Gasteiger charge is -2.18. The fourth-order valence-corrected chi connectivity index (χ4v) is 1.46. The summed E-state index contributed by atoms with van der Waals surface area (Å²) in [6.07, 6.45) is 0. The summed E-state index contributed by atoms with van der Waals surface area (Å²) in [4.78, 5) is 11.3. The van der Waals surface area contributed by atoms with Crippen molar-refractivity contribution in [2.45, 2.75) is 37.8 Å². The fourth-order valence-electron chi connectivity index (χ4n) is 0.654. The van der Waals surface area contributed by atoms with E-state index in [2.05, 4.69) is 35.6 Å². The van der Waals surface area contributed by atoms with Crippen molar-refractivity contribution >= 4 is 30.2 Å². The molecule has 0 unspecified atom stereocenters. The summed E-state index contributed by atoms with van der Waals surface area (Å²) in [6.45, 7) is 10.6. The Morgan fingerprint density at radius 2 is 1.79 bits per heavy atom. The first kappa shape index (κ1) is 14.1. The average Bonchev–Trinajstić information content (AvgIpc) is 1.93. The first-order chi connectivity index (χ1) is 6.13. The van der Waals surface area contributed by atoms with Gasteiger partial charge in [-0.2, -0.15) is 0 Å². The Labute approximate surface area is 95.4 Å². The number of hydrogen-bond donors (Lipinski definition) is 0. The predicted octanol–water partition coefficient (Wildman–Crippen LogP) is 2.55. The number of esters is 1. The first-order valence-electron chi connectivity index (χ1n) is 4.63. The molecular weight excluding hydrogens is 264 g/mol. The summed E-state index contributed by atoms with van der Waals surface area (Å²) in [5, 5.41) is 0. The van der Waals surface area contributed by atoms with Crippen LogP contribution < -0.4 is 0 Å². The van der Waals surface area contributed by atoms with Gasteiger partial charge in [-0.1, -0.05) is 15.9 Å². The zero-order chi connectivity index (χ0) is 11.4. The van der Waals surface area contributed by atoms with Crippen LogP contribution in [0.4, 0.5) is 0 Å². The molecule has 0 spiro atoms. The van der Waals surface area contributed by atoms with Crippen LogP contribution in [0.1, 0.15) is 13.8 Å². The van der Waals surface area contributed by atoms with Gasteiger partial charge in [0.25, 0.3) is 0 Å². The molecule has 0 fully saturated rings. The number of carbonyl (C=O) groups is 1. The Hall–Kier alpha value is 0.127. The second-order valence-electron chi connectivity index (χ2n) is 4.57. The van der Waals surface area contributed by atoms with Crippen molar-refractivity contribution in [3.8, 4) is 0 Å². The van der Waals surface area contributed by atoms with Gasteiger partial charge in [0.15, 0.2) is 8.32 Å². The molecule has 3 nitrogen and oxygen atoms in total. The molecule has 0 aromatic carbocycles. The summed E-state index contributed by atoms with van der Waals surface area (Å²) >= 11 is 3.23. The minimum Gasteiger partial charge on any atom is -0.462 e. The maximum absolute atomic E-state index is 11.3.